The van der Waals surface area contributed by atoms with Crippen molar-refractivity contribution in [2.24, 2.45) is 0 Å². The SMILES string of the molecule is Cc1ccc(OCCNC(=O)c2ccc(CN(c3ccc(Cl)cc3C(F)(F)F)S(C)(=O)=O)cc2)c(C)c1. The van der Waals surface area contributed by atoms with E-state index in [1.807, 2.05) is 32.0 Å². The van der Waals surface area contributed by atoms with Crippen molar-refractivity contribution >= 4 is 33.2 Å². The van der Waals surface area contributed by atoms with Gasteiger partial charge >= 0.3 is 6.18 Å². The van der Waals surface area contributed by atoms with Crippen LogP contribution in [0.4, 0.5) is 18.9 Å². The maximum absolute atomic E-state index is 13.6. The molecular formula is C26H26ClF3N2O4S. The summed E-state index contributed by atoms with van der Waals surface area (Å²) in [6, 6.07) is 14.6. The molecule has 0 atom stereocenters. The van der Waals surface area contributed by atoms with E-state index in [4.69, 9.17) is 16.3 Å². The van der Waals surface area contributed by atoms with Crippen molar-refractivity contribution in [2.45, 2.75) is 26.6 Å². The number of hydrogen-bond acceptors (Lipinski definition) is 4. The molecule has 0 fully saturated rings. The van der Waals surface area contributed by atoms with Gasteiger partial charge in [-0.05, 0) is 61.4 Å². The highest BCUT2D eigenvalue weighted by Crippen LogP contribution is 2.39. The number of sulfonamides is 1. The fraction of sp³-hybridized carbons (Fsp3) is 0.269. The largest absolute Gasteiger partial charge is 0.491 e. The average molecular weight is 555 g/mol. The van der Waals surface area contributed by atoms with Crippen molar-refractivity contribution in [3.05, 3.63) is 93.5 Å². The number of nitrogens with one attached hydrogen (secondary N) is 1. The molecule has 0 aliphatic heterocycles. The fourth-order valence-corrected chi connectivity index (χ4v) is 4.72. The van der Waals surface area contributed by atoms with E-state index >= 15 is 0 Å². The van der Waals surface area contributed by atoms with Crippen LogP contribution in [-0.2, 0) is 22.7 Å². The number of halogens is 4. The van der Waals surface area contributed by atoms with Gasteiger partial charge in [0, 0.05) is 10.6 Å². The Morgan fingerprint density at radius 3 is 2.30 bits per heavy atom. The number of alkyl halides is 3. The van der Waals surface area contributed by atoms with Crippen LogP contribution in [0, 0.1) is 13.8 Å². The monoisotopic (exact) mass is 554 g/mol. The zero-order valence-electron chi connectivity index (χ0n) is 20.4. The second kappa shape index (κ2) is 11.4. The van der Waals surface area contributed by atoms with Crippen LogP contribution in [0.1, 0.15) is 32.6 Å². The Kier molecular flexibility index (Phi) is 8.76. The first-order valence-electron chi connectivity index (χ1n) is 11.2. The summed E-state index contributed by atoms with van der Waals surface area (Å²) in [4.78, 5) is 12.5. The van der Waals surface area contributed by atoms with Gasteiger partial charge in [-0.25, -0.2) is 8.42 Å². The number of nitrogens with zero attached hydrogens (tertiary/aromatic N) is 1. The third kappa shape index (κ3) is 7.62. The number of rotatable bonds is 9. The summed E-state index contributed by atoms with van der Waals surface area (Å²) in [6.07, 6.45) is -3.99. The lowest BCUT2D eigenvalue weighted by atomic mass is 10.1. The van der Waals surface area contributed by atoms with Gasteiger partial charge in [-0.2, -0.15) is 13.2 Å². The molecule has 0 saturated heterocycles. The van der Waals surface area contributed by atoms with E-state index in [9.17, 15) is 26.4 Å². The number of aryl methyl sites for hydroxylation is 2. The molecule has 0 unspecified atom stereocenters. The van der Waals surface area contributed by atoms with Crippen LogP contribution in [0.15, 0.2) is 60.7 Å². The molecule has 0 bridgehead atoms. The van der Waals surface area contributed by atoms with Gasteiger partial charge in [0.05, 0.1) is 30.6 Å². The molecule has 0 spiro atoms. The second-order valence-corrected chi connectivity index (χ2v) is 10.8. The van der Waals surface area contributed by atoms with Crippen LogP contribution in [0.3, 0.4) is 0 Å². The van der Waals surface area contributed by atoms with Gasteiger partial charge in [0.25, 0.3) is 5.91 Å². The highest BCUT2D eigenvalue weighted by molar-refractivity contribution is 7.92. The van der Waals surface area contributed by atoms with E-state index in [1.54, 1.807) is 0 Å². The summed E-state index contributed by atoms with van der Waals surface area (Å²) in [5.74, 6) is 0.363. The Bertz CT molecular complexity index is 1380. The van der Waals surface area contributed by atoms with Gasteiger partial charge in [-0.1, -0.05) is 41.4 Å². The number of anilines is 1. The van der Waals surface area contributed by atoms with Crippen molar-refractivity contribution in [1.82, 2.24) is 5.32 Å². The van der Waals surface area contributed by atoms with Crippen LogP contribution in [-0.4, -0.2) is 33.7 Å². The van der Waals surface area contributed by atoms with E-state index in [1.165, 1.54) is 30.3 Å². The first-order chi connectivity index (χ1) is 17.3. The summed E-state index contributed by atoms with van der Waals surface area (Å²) in [7, 11) is -4.08. The van der Waals surface area contributed by atoms with Crippen LogP contribution in [0.2, 0.25) is 5.02 Å². The van der Waals surface area contributed by atoms with Gasteiger partial charge in [0.1, 0.15) is 12.4 Å². The average Bonchev–Trinajstić information content (AvgIpc) is 2.80. The van der Waals surface area contributed by atoms with Crippen LogP contribution < -0.4 is 14.4 Å². The Morgan fingerprint density at radius 2 is 1.70 bits per heavy atom. The Labute approximate surface area is 219 Å². The molecule has 0 saturated carbocycles. The van der Waals surface area contributed by atoms with E-state index in [-0.39, 0.29) is 30.6 Å². The summed E-state index contributed by atoms with van der Waals surface area (Å²) >= 11 is 5.72. The maximum atomic E-state index is 13.6. The Morgan fingerprint density at radius 1 is 1.03 bits per heavy atom. The van der Waals surface area contributed by atoms with E-state index in [0.29, 0.717) is 21.5 Å². The molecule has 0 radical (unpaired) electrons. The standard InChI is InChI=1S/C26H26ClF3N2O4S/c1-17-4-11-24(18(2)14-17)36-13-12-31-25(33)20-7-5-19(6-8-20)16-32(37(3,34)35)23-10-9-21(27)15-22(23)26(28,29)30/h4-11,14-15H,12-13,16H2,1-3H3,(H,31,33). The van der Waals surface area contributed by atoms with Crippen molar-refractivity contribution in [1.29, 1.82) is 0 Å². The maximum Gasteiger partial charge on any atom is 0.418 e. The first kappa shape index (κ1) is 28.3. The number of amides is 1. The summed E-state index contributed by atoms with van der Waals surface area (Å²) in [6.45, 7) is 4.07. The van der Waals surface area contributed by atoms with Crippen LogP contribution in [0.5, 0.6) is 5.75 Å². The lowest BCUT2D eigenvalue weighted by Gasteiger charge is -2.26. The molecule has 1 N–H and O–H groups in total. The minimum absolute atomic E-state index is 0.167. The molecule has 0 aliphatic rings. The summed E-state index contributed by atoms with van der Waals surface area (Å²) in [5, 5.41) is 2.56. The molecule has 11 heteroatoms. The number of ether oxygens (including phenoxy) is 1. The quantitative estimate of drug-likeness (QED) is 0.342. The molecule has 6 nitrogen and oxygen atoms in total. The van der Waals surface area contributed by atoms with Crippen molar-refractivity contribution in [2.75, 3.05) is 23.7 Å². The van der Waals surface area contributed by atoms with Crippen LogP contribution >= 0.6 is 11.6 Å². The molecule has 0 aromatic heterocycles. The normalized spacial score (nSPS) is 11.8. The van der Waals surface area contributed by atoms with Gasteiger partial charge < -0.3 is 10.1 Å². The number of benzene rings is 3. The second-order valence-electron chi connectivity index (χ2n) is 8.50. The van der Waals surface area contributed by atoms with Gasteiger partial charge in [-0.15, -0.1) is 0 Å². The summed E-state index contributed by atoms with van der Waals surface area (Å²) in [5.41, 5.74) is 1.11. The Balaban J connectivity index is 1.67. The van der Waals surface area contributed by atoms with Crippen molar-refractivity contribution in [3.63, 3.8) is 0 Å². The van der Waals surface area contributed by atoms with E-state index in [0.717, 1.165) is 29.2 Å². The molecule has 3 aromatic carbocycles. The van der Waals surface area contributed by atoms with Gasteiger partial charge in [0.2, 0.25) is 10.0 Å². The topological polar surface area (TPSA) is 75.7 Å². The van der Waals surface area contributed by atoms with Crippen molar-refractivity contribution < 1.29 is 31.1 Å². The van der Waals surface area contributed by atoms with Crippen LogP contribution in [0.25, 0.3) is 0 Å². The van der Waals surface area contributed by atoms with E-state index < -0.39 is 27.5 Å². The number of carbonyl (C=O) groups excluding carboxylic acids is 1. The first-order valence-corrected chi connectivity index (χ1v) is 13.4. The van der Waals surface area contributed by atoms with E-state index in [2.05, 4.69) is 5.32 Å². The minimum atomic E-state index is -4.81. The highest BCUT2D eigenvalue weighted by atomic mass is 35.5. The number of hydrogen-bond donors (Lipinski definition) is 1. The zero-order valence-corrected chi connectivity index (χ0v) is 22.0. The third-order valence-corrected chi connectivity index (χ3v) is 6.81. The third-order valence-electron chi connectivity index (χ3n) is 5.45. The molecular weight excluding hydrogens is 529 g/mol. The molecule has 0 aliphatic carbocycles. The predicted molar refractivity (Wildman–Crippen MR) is 138 cm³/mol. The smallest absolute Gasteiger partial charge is 0.418 e. The summed E-state index contributed by atoms with van der Waals surface area (Å²) < 4.78 is 71.9. The fourth-order valence-electron chi connectivity index (χ4n) is 3.65. The minimum Gasteiger partial charge on any atom is -0.491 e. The Hall–Kier alpha value is -3.24. The number of carbonyl (C=O) groups is 1. The van der Waals surface area contributed by atoms with Gasteiger partial charge in [0.15, 0.2) is 0 Å². The van der Waals surface area contributed by atoms with Gasteiger partial charge in [-0.3, -0.25) is 9.10 Å². The molecule has 3 rings (SSSR count). The molecule has 3 aromatic rings. The molecule has 198 valence electrons. The lowest BCUT2D eigenvalue weighted by Crippen LogP contribution is -2.31. The van der Waals surface area contributed by atoms with Crippen molar-refractivity contribution in [3.8, 4) is 5.75 Å². The predicted octanol–water partition coefficient (Wildman–Crippen LogP) is 5.75. The molecule has 0 heterocycles. The molecule has 37 heavy (non-hydrogen) atoms. The highest BCUT2D eigenvalue weighted by Gasteiger charge is 2.37. The molecule has 1 amide bonds. The lowest BCUT2D eigenvalue weighted by molar-refractivity contribution is -0.137. The zero-order chi connectivity index (χ0) is 27.4.